The summed E-state index contributed by atoms with van der Waals surface area (Å²) in [6, 6.07) is 12.1. The number of nitrogens with one attached hydrogen (secondary N) is 1. The van der Waals surface area contributed by atoms with Gasteiger partial charge in [-0.15, -0.1) is 0 Å². The van der Waals surface area contributed by atoms with Crippen LogP contribution in [0.15, 0.2) is 47.4 Å². The number of hydrogen-bond acceptors (Lipinski definition) is 4. The Balaban J connectivity index is 1.77. The van der Waals surface area contributed by atoms with Gasteiger partial charge in [-0.05, 0) is 55.6 Å². The molecule has 0 saturated carbocycles. The van der Waals surface area contributed by atoms with Gasteiger partial charge in [0.1, 0.15) is 5.75 Å². The van der Waals surface area contributed by atoms with Gasteiger partial charge in [-0.1, -0.05) is 23.7 Å². The third kappa shape index (κ3) is 4.15. The van der Waals surface area contributed by atoms with Crippen LogP contribution in [-0.4, -0.2) is 40.6 Å². The third-order valence-corrected chi connectivity index (χ3v) is 6.00. The summed E-state index contributed by atoms with van der Waals surface area (Å²) in [6.45, 7) is 0.978. The molecule has 0 fully saturated rings. The van der Waals surface area contributed by atoms with Gasteiger partial charge in [0.05, 0.1) is 11.5 Å². The molecule has 134 valence electrons. The van der Waals surface area contributed by atoms with Gasteiger partial charge in [0.15, 0.2) is 0 Å². The van der Waals surface area contributed by atoms with Crippen molar-refractivity contribution in [2.75, 3.05) is 27.2 Å². The van der Waals surface area contributed by atoms with Crippen molar-refractivity contribution >= 4 is 21.6 Å². The van der Waals surface area contributed by atoms with Crippen LogP contribution in [0.4, 0.5) is 0 Å². The van der Waals surface area contributed by atoms with Crippen molar-refractivity contribution in [3.63, 3.8) is 0 Å². The summed E-state index contributed by atoms with van der Waals surface area (Å²) in [6.07, 6.45) is 0.889. The smallest absolute Gasteiger partial charge is 0.240 e. The van der Waals surface area contributed by atoms with Crippen molar-refractivity contribution in [2.45, 2.75) is 17.4 Å². The number of benzene rings is 2. The van der Waals surface area contributed by atoms with E-state index >= 15 is 0 Å². The number of fused-ring (bicyclic) bond motifs is 1. The van der Waals surface area contributed by atoms with Crippen LogP contribution in [0.5, 0.6) is 5.75 Å². The Morgan fingerprint density at radius 1 is 1.20 bits per heavy atom. The highest BCUT2D eigenvalue weighted by Crippen LogP contribution is 2.29. The summed E-state index contributed by atoms with van der Waals surface area (Å²) < 4.78 is 33.2. The summed E-state index contributed by atoms with van der Waals surface area (Å²) >= 11 is 5.83. The molecule has 1 aliphatic heterocycles. The van der Waals surface area contributed by atoms with E-state index in [2.05, 4.69) is 10.8 Å². The largest absolute Gasteiger partial charge is 0.493 e. The van der Waals surface area contributed by atoms with Gasteiger partial charge in [-0.3, -0.25) is 0 Å². The second kappa shape index (κ2) is 7.33. The first-order valence-corrected chi connectivity index (χ1v) is 9.90. The normalized spacial score (nSPS) is 15.0. The SMILES string of the molecule is CN(C)C(CNS(=O)(=O)c1ccc(Cl)cc1)c1ccc2c(c1)CCO2. The number of halogens is 1. The standard InChI is InChI=1S/C18H21ClN2O3S/c1-21(2)17(13-3-8-18-14(11-13)9-10-24-18)12-20-25(22,23)16-6-4-15(19)5-7-16/h3-8,11,17,20H,9-10,12H2,1-2H3. The molecule has 2 aromatic carbocycles. The average Bonchev–Trinajstić information content (AvgIpc) is 3.02. The second-order valence-corrected chi connectivity index (χ2v) is 8.45. The predicted octanol–water partition coefficient (Wildman–Crippen LogP) is 2.86. The van der Waals surface area contributed by atoms with Crippen molar-refractivity contribution in [3.05, 3.63) is 58.6 Å². The molecule has 25 heavy (non-hydrogen) atoms. The quantitative estimate of drug-likeness (QED) is 0.837. The number of rotatable bonds is 6. The predicted molar refractivity (Wildman–Crippen MR) is 98.7 cm³/mol. The van der Waals surface area contributed by atoms with E-state index in [1.807, 2.05) is 31.1 Å². The minimum atomic E-state index is -3.59. The van der Waals surface area contributed by atoms with Gasteiger partial charge in [-0.2, -0.15) is 0 Å². The zero-order chi connectivity index (χ0) is 18.0. The molecule has 1 unspecified atom stereocenters. The highest BCUT2D eigenvalue weighted by Gasteiger charge is 2.21. The lowest BCUT2D eigenvalue weighted by molar-refractivity contribution is 0.299. The number of nitrogens with zero attached hydrogens (tertiary/aromatic N) is 1. The lowest BCUT2D eigenvalue weighted by atomic mass is 10.0. The number of sulfonamides is 1. The summed E-state index contributed by atoms with van der Waals surface area (Å²) in [5.41, 5.74) is 2.23. The Morgan fingerprint density at radius 3 is 2.60 bits per heavy atom. The minimum absolute atomic E-state index is 0.0759. The van der Waals surface area contributed by atoms with Gasteiger partial charge in [-0.25, -0.2) is 13.1 Å². The van der Waals surface area contributed by atoms with E-state index in [0.717, 1.165) is 17.7 Å². The summed E-state index contributed by atoms with van der Waals surface area (Å²) in [4.78, 5) is 2.21. The van der Waals surface area contributed by atoms with Gasteiger partial charge in [0.25, 0.3) is 0 Å². The molecule has 1 atom stereocenters. The minimum Gasteiger partial charge on any atom is -0.493 e. The molecule has 0 saturated heterocycles. The fourth-order valence-corrected chi connectivity index (χ4v) is 4.06. The Morgan fingerprint density at radius 2 is 1.92 bits per heavy atom. The lowest BCUT2D eigenvalue weighted by Crippen LogP contribution is -2.34. The number of likely N-dealkylation sites (N-methyl/N-ethyl adjacent to an activating group) is 1. The monoisotopic (exact) mass is 380 g/mol. The topological polar surface area (TPSA) is 58.6 Å². The van der Waals surface area contributed by atoms with Crippen molar-refractivity contribution in [1.29, 1.82) is 0 Å². The molecule has 0 spiro atoms. The molecule has 7 heteroatoms. The Bertz CT molecular complexity index is 851. The van der Waals surface area contributed by atoms with Gasteiger partial charge in [0, 0.05) is 24.0 Å². The van der Waals surface area contributed by atoms with E-state index in [0.29, 0.717) is 11.6 Å². The molecule has 3 rings (SSSR count). The molecule has 1 aliphatic rings. The molecule has 2 aromatic rings. The van der Waals surface area contributed by atoms with E-state index in [9.17, 15) is 8.42 Å². The van der Waals surface area contributed by atoms with Gasteiger partial charge in [0.2, 0.25) is 10.0 Å². The van der Waals surface area contributed by atoms with Crippen LogP contribution < -0.4 is 9.46 Å². The molecule has 0 bridgehead atoms. The highest BCUT2D eigenvalue weighted by atomic mass is 35.5. The second-order valence-electron chi connectivity index (χ2n) is 6.25. The lowest BCUT2D eigenvalue weighted by Gasteiger charge is -2.25. The number of ether oxygens (including phenoxy) is 1. The van der Waals surface area contributed by atoms with Crippen molar-refractivity contribution < 1.29 is 13.2 Å². The molecule has 5 nitrogen and oxygen atoms in total. The summed E-state index contributed by atoms with van der Waals surface area (Å²) in [5, 5.41) is 0.505. The molecule has 1 N–H and O–H groups in total. The zero-order valence-electron chi connectivity index (χ0n) is 14.2. The first kappa shape index (κ1) is 18.2. The fourth-order valence-electron chi connectivity index (χ4n) is 2.90. The Hall–Kier alpha value is -1.60. The molecule has 0 aromatic heterocycles. The summed E-state index contributed by atoms with van der Waals surface area (Å²) in [7, 11) is 0.286. The molecule has 0 radical (unpaired) electrons. The first-order chi connectivity index (χ1) is 11.9. The zero-order valence-corrected chi connectivity index (χ0v) is 15.8. The van der Waals surface area contributed by atoms with Gasteiger partial charge < -0.3 is 9.64 Å². The van der Waals surface area contributed by atoms with Crippen LogP contribution in [0.3, 0.4) is 0 Å². The number of hydrogen-bond donors (Lipinski definition) is 1. The molecule has 0 amide bonds. The van der Waals surface area contributed by atoms with E-state index < -0.39 is 10.0 Å². The van der Waals surface area contributed by atoms with E-state index in [1.54, 1.807) is 12.1 Å². The maximum absolute atomic E-state index is 12.5. The molecule has 0 aliphatic carbocycles. The van der Waals surface area contributed by atoms with Crippen LogP contribution >= 0.6 is 11.6 Å². The Kier molecular flexibility index (Phi) is 5.34. The molecular weight excluding hydrogens is 360 g/mol. The van der Waals surface area contributed by atoms with Crippen molar-refractivity contribution in [1.82, 2.24) is 9.62 Å². The third-order valence-electron chi connectivity index (χ3n) is 4.31. The van der Waals surface area contributed by atoms with Crippen LogP contribution in [-0.2, 0) is 16.4 Å². The van der Waals surface area contributed by atoms with E-state index in [1.165, 1.54) is 17.7 Å². The van der Waals surface area contributed by atoms with Crippen LogP contribution in [0.25, 0.3) is 0 Å². The average molecular weight is 381 g/mol. The van der Waals surface area contributed by atoms with Crippen LogP contribution in [0.1, 0.15) is 17.2 Å². The maximum Gasteiger partial charge on any atom is 0.240 e. The maximum atomic E-state index is 12.5. The first-order valence-electron chi connectivity index (χ1n) is 8.04. The summed E-state index contributed by atoms with van der Waals surface area (Å²) in [5.74, 6) is 0.919. The van der Waals surface area contributed by atoms with E-state index in [4.69, 9.17) is 16.3 Å². The van der Waals surface area contributed by atoms with Crippen LogP contribution in [0.2, 0.25) is 5.02 Å². The van der Waals surface area contributed by atoms with Crippen molar-refractivity contribution in [2.24, 2.45) is 0 Å². The molecule has 1 heterocycles. The Labute approximate surface area is 153 Å². The van der Waals surface area contributed by atoms with E-state index in [-0.39, 0.29) is 17.5 Å². The molecular formula is C18H21ClN2O3S. The van der Waals surface area contributed by atoms with Crippen LogP contribution in [0, 0.1) is 0 Å². The highest BCUT2D eigenvalue weighted by molar-refractivity contribution is 7.89. The fraction of sp³-hybridized carbons (Fsp3) is 0.333. The van der Waals surface area contributed by atoms with Crippen molar-refractivity contribution in [3.8, 4) is 5.75 Å². The van der Waals surface area contributed by atoms with Gasteiger partial charge >= 0.3 is 0 Å².